The van der Waals surface area contributed by atoms with E-state index in [1.807, 2.05) is 25.1 Å². The first-order valence-corrected chi connectivity index (χ1v) is 6.36. The van der Waals surface area contributed by atoms with Crippen LogP contribution in [0.4, 0.5) is 0 Å². The van der Waals surface area contributed by atoms with Gasteiger partial charge in [-0.15, -0.1) is 0 Å². The third kappa shape index (κ3) is 2.20. The van der Waals surface area contributed by atoms with E-state index >= 15 is 0 Å². The molecule has 6 heteroatoms. The van der Waals surface area contributed by atoms with Gasteiger partial charge in [0.05, 0.1) is 12.2 Å². The number of rotatable bonds is 4. The van der Waals surface area contributed by atoms with Gasteiger partial charge in [0.25, 0.3) is 0 Å². The highest BCUT2D eigenvalue weighted by Gasteiger charge is 2.16. The molecule has 0 fully saturated rings. The van der Waals surface area contributed by atoms with Gasteiger partial charge >= 0.3 is 5.97 Å². The van der Waals surface area contributed by atoms with Crippen LogP contribution in [0.25, 0.3) is 0 Å². The molecular formula is C14H14N2O4. The summed E-state index contributed by atoms with van der Waals surface area (Å²) in [6.45, 7) is 2.55. The number of ether oxygens (including phenoxy) is 2. The third-order valence-corrected chi connectivity index (χ3v) is 3.18. The Hall–Kier alpha value is -2.50. The van der Waals surface area contributed by atoms with Crippen LogP contribution >= 0.6 is 0 Å². The van der Waals surface area contributed by atoms with E-state index in [1.165, 1.54) is 4.68 Å². The van der Waals surface area contributed by atoms with E-state index in [4.69, 9.17) is 9.47 Å². The Morgan fingerprint density at radius 1 is 1.35 bits per heavy atom. The van der Waals surface area contributed by atoms with E-state index in [0.717, 1.165) is 11.3 Å². The van der Waals surface area contributed by atoms with E-state index in [2.05, 4.69) is 5.10 Å². The number of hydrogen-bond acceptors (Lipinski definition) is 4. The van der Waals surface area contributed by atoms with Crippen LogP contribution in [0.1, 0.15) is 28.7 Å². The van der Waals surface area contributed by atoms with E-state index in [0.29, 0.717) is 24.5 Å². The van der Waals surface area contributed by atoms with E-state index in [-0.39, 0.29) is 12.5 Å². The standard InChI is InChI=1S/C14H14N2O4/c1-2-10-6-11(14(17)18)16(15-10)7-9-3-4-12-13(5-9)20-8-19-12/h3-6H,2,7-8H2,1H3,(H,17,18). The minimum Gasteiger partial charge on any atom is -0.477 e. The molecule has 20 heavy (non-hydrogen) atoms. The lowest BCUT2D eigenvalue weighted by molar-refractivity contribution is 0.0684. The summed E-state index contributed by atoms with van der Waals surface area (Å²) in [5.41, 5.74) is 1.88. The van der Waals surface area contributed by atoms with Crippen molar-refractivity contribution in [2.75, 3.05) is 6.79 Å². The van der Waals surface area contributed by atoms with Gasteiger partial charge in [0, 0.05) is 0 Å². The normalized spacial score (nSPS) is 12.7. The van der Waals surface area contributed by atoms with Gasteiger partial charge in [-0.05, 0) is 30.2 Å². The molecule has 1 aromatic heterocycles. The summed E-state index contributed by atoms with van der Waals surface area (Å²) in [6, 6.07) is 7.16. The average Bonchev–Trinajstić information content (AvgIpc) is 3.04. The van der Waals surface area contributed by atoms with Crippen LogP contribution in [-0.4, -0.2) is 27.6 Å². The Balaban J connectivity index is 1.91. The Labute approximate surface area is 115 Å². The molecule has 0 radical (unpaired) electrons. The highest BCUT2D eigenvalue weighted by atomic mass is 16.7. The maximum Gasteiger partial charge on any atom is 0.354 e. The van der Waals surface area contributed by atoms with Crippen LogP contribution in [-0.2, 0) is 13.0 Å². The zero-order chi connectivity index (χ0) is 14.1. The van der Waals surface area contributed by atoms with Crippen LogP contribution < -0.4 is 9.47 Å². The lowest BCUT2D eigenvalue weighted by Crippen LogP contribution is -2.10. The largest absolute Gasteiger partial charge is 0.477 e. The number of carbonyl (C=O) groups is 1. The summed E-state index contributed by atoms with van der Waals surface area (Å²) in [4.78, 5) is 11.2. The monoisotopic (exact) mass is 274 g/mol. The van der Waals surface area contributed by atoms with Crippen molar-refractivity contribution in [3.8, 4) is 11.5 Å². The van der Waals surface area contributed by atoms with Crippen molar-refractivity contribution >= 4 is 5.97 Å². The van der Waals surface area contributed by atoms with Crippen LogP contribution in [0.5, 0.6) is 11.5 Å². The number of aryl methyl sites for hydroxylation is 1. The second kappa shape index (κ2) is 4.88. The lowest BCUT2D eigenvalue weighted by Gasteiger charge is -2.05. The Kier molecular flexibility index (Phi) is 3.06. The van der Waals surface area contributed by atoms with Gasteiger partial charge in [0.1, 0.15) is 5.69 Å². The summed E-state index contributed by atoms with van der Waals surface area (Å²) < 4.78 is 12.1. The fourth-order valence-electron chi connectivity index (χ4n) is 2.15. The van der Waals surface area contributed by atoms with Crippen molar-refractivity contribution in [2.45, 2.75) is 19.9 Å². The predicted molar refractivity (Wildman–Crippen MR) is 70.2 cm³/mol. The molecule has 0 atom stereocenters. The van der Waals surface area contributed by atoms with E-state index in [9.17, 15) is 9.90 Å². The maximum absolute atomic E-state index is 11.2. The number of benzene rings is 1. The van der Waals surface area contributed by atoms with Gasteiger partial charge in [-0.2, -0.15) is 5.10 Å². The SMILES string of the molecule is CCc1cc(C(=O)O)n(Cc2ccc3c(c2)OCO3)n1. The number of carboxylic acid groups (broad SMARTS) is 1. The average molecular weight is 274 g/mol. The van der Waals surface area contributed by atoms with Gasteiger partial charge in [-0.25, -0.2) is 4.79 Å². The predicted octanol–water partition coefficient (Wildman–Crippen LogP) is 1.92. The molecule has 1 aliphatic rings. The van der Waals surface area contributed by atoms with Crippen LogP contribution in [0.15, 0.2) is 24.3 Å². The molecule has 1 N–H and O–H groups in total. The molecule has 1 aliphatic heterocycles. The molecule has 0 saturated carbocycles. The topological polar surface area (TPSA) is 73.6 Å². The zero-order valence-electron chi connectivity index (χ0n) is 11.0. The number of hydrogen-bond donors (Lipinski definition) is 1. The van der Waals surface area contributed by atoms with Gasteiger partial charge in [-0.1, -0.05) is 13.0 Å². The summed E-state index contributed by atoms with van der Waals surface area (Å²) in [7, 11) is 0. The number of nitrogens with zero attached hydrogens (tertiary/aromatic N) is 2. The first-order chi connectivity index (χ1) is 9.67. The fraction of sp³-hybridized carbons (Fsp3) is 0.286. The van der Waals surface area contributed by atoms with Gasteiger partial charge in [0.2, 0.25) is 6.79 Å². The van der Waals surface area contributed by atoms with Crippen molar-refractivity contribution in [1.82, 2.24) is 9.78 Å². The molecule has 0 bridgehead atoms. The fourth-order valence-corrected chi connectivity index (χ4v) is 2.15. The highest BCUT2D eigenvalue weighted by Crippen LogP contribution is 2.32. The lowest BCUT2D eigenvalue weighted by atomic mass is 10.2. The van der Waals surface area contributed by atoms with Crippen molar-refractivity contribution in [3.05, 3.63) is 41.2 Å². The minimum absolute atomic E-state index is 0.194. The second-order valence-corrected chi connectivity index (χ2v) is 4.52. The van der Waals surface area contributed by atoms with Gasteiger partial charge < -0.3 is 14.6 Å². The second-order valence-electron chi connectivity index (χ2n) is 4.52. The summed E-state index contributed by atoms with van der Waals surface area (Å²) in [5.74, 6) is 0.419. The number of aromatic carboxylic acids is 1. The molecule has 6 nitrogen and oxygen atoms in total. The zero-order valence-corrected chi connectivity index (χ0v) is 11.0. The molecule has 0 aliphatic carbocycles. The van der Waals surface area contributed by atoms with Crippen molar-refractivity contribution in [3.63, 3.8) is 0 Å². The first-order valence-electron chi connectivity index (χ1n) is 6.36. The maximum atomic E-state index is 11.2. The molecule has 0 amide bonds. The third-order valence-electron chi connectivity index (χ3n) is 3.18. The number of fused-ring (bicyclic) bond motifs is 1. The minimum atomic E-state index is -0.974. The molecular weight excluding hydrogens is 260 g/mol. The van der Waals surface area contributed by atoms with Crippen molar-refractivity contribution in [1.29, 1.82) is 0 Å². The molecule has 104 valence electrons. The molecule has 0 saturated heterocycles. The molecule has 2 aromatic rings. The van der Waals surface area contributed by atoms with Crippen LogP contribution in [0.2, 0.25) is 0 Å². The van der Waals surface area contributed by atoms with E-state index < -0.39 is 5.97 Å². The van der Waals surface area contributed by atoms with Crippen LogP contribution in [0, 0.1) is 0 Å². The van der Waals surface area contributed by atoms with Crippen molar-refractivity contribution in [2.24, 2.45) is 0 Å². The molecule has 3 rings (SSSR count). The molecule has 1 aromatic carbocycles. The van der Waals surface area contributed by atoms with E-state index in [1.54, 1.807) is 6.07 Å². The Morgan fingerprint density at radius 2 is 2.15 bits per heavy atom. The summed E-state index contributed by atoms with van der Waals surface area (Å²) in [6.07, 6.45) is 0.703. The van der Waals surface area contributed by atoms with Gasteiger partial charge in [0.15, 0.2) is 11.5 Å². The van der Waals surface area contributed by atoms with Crippen LogP contribution in [0.3, 0.4) is 0 Å². The molecule has 0 spiro atoms. The first kappa shape index (κ1) is 12.5. The number of carboxylic acids is 1. The summed E-state index contributed by atoms with van der Waals surface area (Å²) >= 11 is 0. The molecule has 2 heterocycles. The molecule has 0 unspecified atom stereocenters. The smallest absolute Gasteiger partial charge is 0.354 e. The Bertz CT molecular complexity index is 663. The highest BCUT2D eigenvalue weighted by molar-refractivity contribution is 5.85. The van der Waals surface area contributed by atoms with Crippen molar-refractivity contribution < 1.29 is 19.4 Å². The van der Waals surface area contributed by atoms with Gasteiger partial charge in [-0.3, -0.25) is 4.68 Å². The Morgan fingerprint density at radius 3 is 2.90 bits per heavy atom. The summed E-state index contributed by atoms with van der Waals surface area (Å²) in [5, 5.41) is 13.5. The quantitative estimate of drug-likeness (QED) is 0.922. The number of aromatic nitrogens is 2.